The molecule has 0 saturated heterocycles. The van der Waals surface area contributed by atoms with Gasteiger partial charge in [-0.2, -0.15) is 9.15 Å². The Morgan fingerprint density at radius 3 is 1.96 bits per heavy atom. The second-order valence-electron chi connectivity index (χ2n) is 11.9. The highest BCUT2D eigenvalue weighted by molar-refractivity contribution is 5.92. The number of benzene rings is 6. The molecule has 4 heteroatoms. The Hall–Kier alpha value is -5.48. The molecule has 9 rings (SSSR count). The molecule has 6 aromatic carbocycles. The maximum atomic E-state index is 6.00. The predicted molar refractivity (Wildman–Crippen MR) is 182 cm³/mol. The van der Waals surface area contributed by atoms with Crippen molar-refractivity contribution in [1.29, 1.82) is 0 Å². The van der Waals surface area contributed by atoms with Crippen LogP contribution in [0.25, 0.3) is 21.9 Å². The lowest BCUT2D eigenvalue weighted by Gasteiger charge is -2.16. The molecular formula is C41H34N2O2+2. The molecule has 0 radical (unpaired) electrons. The van der Waals surface area contributed by atoms with Gasteiger partial charge in [0, 0.05) is 18.2 Å². The molecule has 0 bridgehead atoms. The average molecular weight is 587 g/mol. The van der Waals surface area contributed by atoms with Crippen molar-refractivity contribution in [2.45, 2.75) is 20.3 Å². The monoisotopic (exact) mass is 586 g/mol. The van der Waals surface area contributed by atoms with Gasteiger partial charge in [-0.25, -0.2) is 0 Å². The summed E-state index contributed by atoms with van der Waals surface area (Å²) < 4.78 is 16.3. The summed E-state index contributed by atoms with van der Waals surface area (Å²) >= 11 is 0. The summed E-state index contributed by atoms with van der Waals surface area (Å²) in [6.45, 7) is 5.28. The first-order chi connectivity index (χ1) is 22.1. The van der Waals surface area contributed by atoms with Crippen molar-refractivity contribution in [3.63, 3.8) is 0 Å². The number of ether oxygens (including phenoxy) is 2. The Kier molecular flexibility index (Phi) is 6.76. The van der Waals surface area contributed by atoms with E-state index in [0.717, 1.165) is 29.0 Å². The summed E-state index contributed by atoms with van der Waals surface area (Å²) in [4.78, 5) is 0. The molecule has 0 saturated carbocycles. The van der Waals surface area contributed by atoms with Crippen molar-refractivity contribution in [3.05, 3.63) is 155 Å². The third-order valence-corrected chi connectivity index (χ3v) is 8.96. The van der Waals surface area contributed by atoms with Crippen LogP contribution < -0.4 is 9.47 Å². The number of hydrogen-bond donors (Lipinski definition) is 0. The Bertz CT molecular complexity index is 2170. The minimum atomic E-state index is 0.547. The molecular weight excluding hydrogens is 552 g/mol. The van der Waals surface area contributed by atoms with Crippen molar-refractivity contribution >= 4 is 34.6 Å². The molecule has 218 valence electrons. The van der Waals surface area contributed by atoms with Crippen LogP contribution in [0, 0.1) is 13.8 Å². The normalized spacial score (nSPS) is 13.9. The van der Waals surface area contributed by atoms with Crippen molar-refractivity contribution in [3.8, 4) is 22.6 Å². The van der Waals surface area contributed by atoms with E-state index in [-0.39, 0.29) is 0 Å². The van der Waals surface area contributed by atoms with Gasteiger partial charge in [-0.15, -0.1) is 0 Å². The first-order valence-corrected chi connectivity index (χ1v) is 15.5. The maximum Gasteiger partial charge on any atom is 0.292 e. The quantitative estimate of drug-likeness (QED) is 0.189. The molecule has 1 aliphatic carbocycles. The zero-order chi connectivity index (χ0) is 30.3. The molecule has 0 fully saturated rings. The van der Waals surface area contributed by atoms with Gasteiger partial charge in [-0.05, 0) is 83.3 Å². The number of hydrogen-bond acceptors (Lipinski definition) is 2. The van der Waals surface area contributed by atoms with Crippen LogP contribution in [-0.4, -0.2) is 35.0 Å². The molecule has 0 amide bonds. The highest BCUT2D eigenvalue weighted by Crippen LogP contribution is 2.38. The van der Waals surface area contributed by atoms with E-state index in [1.807, 2.05) is 0 Å². The summed E-state index contributed by atoms with van der Waals surface area (Å²) in [6, 6.07) is 42.8. The van der Waals surface area contributed by atoms with E-state index in [4.69, 9.17) is 9.47 Å². The smallest absolute Gasteiger partial charge is 0.292 e. The van der Waals surface area contributed by atoms with Crippen LogP contribution in [0.4, 0.5) is 11.4 Å². The van der Waals surface area contributed by atoms with E-state index in [9.17, 15) is 0 Å². The first kappa shape index (κ1) is 27.1. The minimum Gasteiger partial charge on any atom is -0.435 e. The highest BCUT2D eigenvalue weighted by atomic mass is 16.5. The zero-order valence-corrected chi connectivity index (χ0v) is 25.5. The van der Waals surface area contributed by atoms with Crippen LogP contribution in [0.15, 0.2) is 121 Å². The fraction of sp³-hybridized carbons (Fsp3) is 0.122. The second kappa shape index (κ2) is 11.2. The Morgan fingerprint density at radius 2 is 1.16 bits per heavy atom. The Morgan fingerprint density at radius 1 is 0.533 bits per heavy atom. The Labute approximate surface area is 263 Å². The van der Waals surface area contributed by atoms with Crippen molar-refractivity contribution in [2.24, 2.45) is 0 Å². The van der Waals surface area contributed by atoms with E-state index in [1.165, 1.54) is 55.5 Å². The molecule has 0 atom stereocenters. The van der Waals surface area contributed by atoms with E-state index >= 15 is 0 Å². The van der Waals surface area contributed by atoms with Crippen LogP contribution in [0.3, 0.4) is 0 Å². The van der Waals surface area contributed by atoms with Gasteiger partial charge in [-0.3, -0.25) is 0 Å². The molecule has 45 heavy (non-hydrogen) atoms. The number of fused-ring (bicyclic) bond motifs is 6. The third kappa shape index (κ3) is 4.98. The van der Waals surface area contributed by atoms with Crippen LogP contribution >= 0.6 is 0 Å². The predicted octanol–water partition coefficient (Wildman–Crippen LogP) is 8.94. The van der Waals surface area contributed by atoms with Gasteiger partial charge >= 0.3 is 0 Å². The van der Waals surface area contributed by atoms with E-state index in [1.54, 1.807) is 0 Å². The van der Waals surface area contributed by atoms with Crippen LogP contribution in [0.1, 0.15) is 33.4 Å². The van der Waals surface area contributed by atoms with Crippen LogP contribution in [0.5, 0.6) is 11.5 Å². The van der Waals surface area contributed by atoms with Gasteiger partial charge in [0.2, 0.25) is 11.4 Å². The summed E-state index contributed by atoms with van der Waals surface area (Å²) in [7, 11) is 0. The molecule has 0 unspecified atom stereocenters. The standard InChI is InChI=1S/C22H18NO.C19H16NO/c1-15-5-4-7-17-13-23(14-24-22(15)17)19-9-10-21-18(12-19)11-16-6-2-3-8-20(16)21;1-14-6-4-9-16-12-20(13-21-19(14)16)18-11-5-8-15-7-2-3-10-17(15)18/h2-10,12-13H,11,14H2,1H3;2-12H,13H2,1H3/q2*+1. The van der Waals surface area contributed by atoms with E-state index in [0.29, 0.717) is 13.5 Å². The summed E-state index contributed by atoms with van der Waals surface area (Å²) in [5, 5.41) is 2.49. The topological polar surface area (TPSA) is 24.5 Å². The molecule has 0 aromatic heterocycles. The van der Waals surface area contributed by atoms with Gasteiger partial charge in [-0.1, -0.05) is 78.9 Å². The summed E-state index contributed by atoms with van der Waals surface area (Å²) in [6.07, 6.45) is 5.38. The molecule has 0 N–H and O–H groups in total. The van der Waals surface area contributed by atoms with Crippen molar-refractivity contribution in [1.82, 2.24) is 0 Å². The fourth-order valence-corrected chi connectivity index (χ4v) is 6.68. The van der Waals surface area contributed by atoms with Crippen LogP contribution in [0.2, 0.25) is 0 Å². The lowest BCUT2D eigenvalue weighted by molar-refractivity contribution is -0.476. The fourth-order valence-electron chi connectivity index (χ4n) is 6.68. The molecule has 3 aliphatic rings. The molecule has 6 aromatic rings. The number of aryl methyl sites for hydroxylation is 2. The van der Waals surface area contributed by atoms with E-state index < -0.39 is 0 Å². The molecule has 2 aliphatic heterocycles. The van der Waals surface area contributed by atoms with Crippen molar-refractivity contribution in [2.75, 3.05) is 13.5 Å². The number of rotatable bonds is 2. The lowest BCUT2D eigenvalue weighted by Crippen LogP contribution is -2.21. The van der Waals surface area contributed by atoms with Gasteiger partial charge in [0.15, 0.2) is 12.4 Å². The maximum absolute atomic E-state index is 6.00. The molecule has 0 spiro atoms. The molecule has 2 heterocycles. The SMILES string of the molecule is Cc1cccc2c1OC[N+](c1ccc3c(c1)Cc1ccccc1-3)=C2.Cc1cccc2c1OC[N+](c1cccc3ccccc13)=C2. The Balaban J connectivity index is 0.000000135. The van der Waals surface area contributed by atoms with E-state index in [2.05, 4.69) is 157 Å². The minimum absolute atomic E-state index is 0.547. The number of nitrogens with zero attached hydrogens (tertiary/aromatic N) is 2. The summed E-state index contributed by atoms with van der Waals surface area (Å²) in [5.74, 6) is 2.00. The second-order valence-corrected chi connectivity index (χ2v) is 11.9. The van der Waals surface area contributed by atoms with Gasteiger partial charge in [0.1, 0.15) is 11.5 Å². The number of para-hydroxylation sites is 2. The van der Waals surface area contributed by atoms with Crippen LogP contribution in [-0.2, 0) is 6.42 Å². The van der Waals surface area contributed by atoms with Gasteiger partial charge < -0.3 is 9.47 Å². The van der Waals surface area contributed by atoms with Gasteiger partial charge in [0.25, 0.3) is 13.5 Å². The zero-order valence-electron chi connectivity index (χ0n) is 25.5. The van der Waals surface area contributed by atoms with Crippen molar-refractivity contribution < 1.29 is 18.6 Å². The lowest BCUT2D eigenvalue weighted by atomic mass is 10.1. The highest BCUT2D eigenvalue weighted by Gasteiger charge is 2.24. The molecule has 4 nitrogen and oxygen atoms in total. The first-order valence-electron chi connectivity index (χ1n) is 15.5. The largest absolute Gasteiger partial charge is 0.435 e. The average Bonchev–Trinajstić information content (AvgIpc) is 3.46. The van der Waals surface area contributed by atoms with Gasteiger partial charge in [0.05, 0.1) is 16.5 Å². The summed E-state index contributed by atoms with van der Waals surface area (Å²) in [5.41, 5.74) is 12.6. The third-order valence-electron chi connectivity index (χ3n) is 8.96.